The van der Waals surface area contributed by atoms with Crippen LogP contribution < -0.4 is 16.4 Å². The van der Waals surface area contributed by atoms with Gasteiger partial charge in [0.2, 0.25) is 0 Å². The number of nitro groups is 1. The first-order chi connectivity index (χ1) is 10.4. The van der Waals surface area contributed by atoms with Crippen molar-refractivity contribution in [3.8, 4) is 0 Å². The molecule has 8 heteroatoms. The van der Waals surface area contributed by atoms with E-state index in [0.29, 0.717) is 10.2 Å². The molecule has 0 bridgehead atoms. The largest absolute Gasteiger partial charge is 0.397 e. The van der Waals surface area contributed by atoms with Gasteiger partial charge in [-0.25, -0.2) is 0 Å². The Morgan fingerprint density at radius 2 is 1.50 bits per heavy atom. The van der Waals surface area contributed by atoms with Gasteiger partial charge in [0, 0.05) is 29.1 Å². The first-order valence-corrected chi connectivity index (χ1v) is 7.83. The zero-order chi connectivity index (χ0) is 16.7. The number of halogens is 2. The van der Waals surface area contributed by atoms with Crippen LogP contribution in [0, 0.1) is 10.1 Å². The van der Waals surface area contributed by atoms with Crippen LogP contribution in [0.2, 0.25) is 0 Å². The highest BCUT2D eigenvalue weighted by atomic mass is 79.9. The number of nitrogens with one attached hydrogen (secondary N) is 2. The quantitative estimate of drug-likeness (QED) is 0.378. The molecule has 6 nitrogen and oxygen atoms in total. The van der Waals surface area contributed by atoms with Crippen LogP contribution >= 0.6 is 31.9 Å². The van der Waals surface area contributed by atoms with Crippen molar-refractivity contribution in [3.05, 3.63) is 55.5 Å². The molecule has 0 saturated carbocycles. The van der Waals surface area contributed by atoms with Crippen molar-refractivity contribution < 1.29 is 4.92 Å². The molecule has 0 spiro atoms. The van der Waals surface area contributed by atoms with Crippen molar-refractivity contribution in [1.29, 1.82) is 0 Å². The van der Waals surface area contributed by atoms with Gasteiger partial charge < -0.3 is 16.4 Å². The van der Waals surface area contributed by atoms with Crippen molar-refractivity contribution in [2.24, 2.45) is 0 Å². The Labute approximate surface area is 145 Å². The second kappa shape index (κ2) is 8.60. The lowest BCUT2D eigenvalue weighted by atomic mass is 10.3. The molecule has 2 aromatic carbocycles. The predicted octanol–water partition coefficient (Wildman–Crippen LogP) is 4.47. The third-order valence-corrected chi connectivity index (χ3v) is 4.06. The van der Waals surface area contributed by atoms with Crippen molar-refractivity contribution in [2.75, 3.05) is 30.5 Å². The molecule has 0 unspecified atom stereocenters. The van der Waals surface area contributed by atoms with E-state index < -0.39 is 4.92 Å². The molecule has 2 rings (SSSR count). The number of nitrogen functional groups attached to an aromatic ring is 1. The zero-order valence-electron chi connectivity index (χ0n) is 12.1. The minimum absolute atomic E-state index is 0.0758. The Balaban J connectivity index is 0.000000224. The van der Waals surface area contributed by atoms with E-state index in [1.807, 2.05) is 25.2 Å². The van der Waals surface area contributed by atoms with E-state index in [1.165, 1.54) is 6.07 Å². The molecule has 0 atom stereocenters. The zero-order valence-corrected chi connectivity index (χ0v) is 15.2. The summed E-state index contributed by atoms with van der Waals surface area (Å²) in [6.07, 6.45) is 0. The number of nitrogens with two attached hydrogens (primary N) is 1. The summed E-state index contributed by atoms with van der Waals surface area (Å²) in [5.74, 6) is 0. The van der Waals surface area contributed by atoms with Crippen molar-refractivity contribution in [3.63, 3.8) is 0 Å². The van der Waals surface area contributed by atoms with E-state index in [4.69, 9.17) is 5.73 Å². The Morgan fingerprint density at radius 1 is 1.00 bits per heavy atom. The minimum Gasteiger partial charge on any atom is -0.397 e. The fourth-order valence-corrected chi connectivity index (χ4v) is 2.85. The molecule has 0 aliphatic carbocycles. The third kappa shape index (κ3) is 4.60. The van der Waals surface area contributed by atoms with Crippen molar-refractivity contribution in [2.45, 2.75) is 0 Å². The van der Waals surface area contributed by atoms with E-state index in [-0.39, 0.29) is 5.69 Å². The maximum absolute atomic E-state index is 10.5. The predicted molar refractivity (Wildman–Crippen MR) is 98.4 cm³/mol. The molecule has 0 heterocycles. The molecule has 2 aromatic rings. The number of para-hydroxylation sites is 2. The van der Waals surface area contributed by atoms with E-state index >= 15 is 0 Å². The maximum Gasteiger partial charge on any atom is 0.293 e. The van der Waals surface area contributed by atoms with Crippen LogP contribution in [0.15, 0.2) is 45.3 Å². The number of nitro benzene ring substituents is 1. The maximum atomic E-state index is 10.5. The highest BCUT2D eigenvalue weighted by Crippen LogP contribution is 2.31. The van der Waals surface area contributed by atoms with Gasteiger partial charge in [-0.05, 0) is 50.1 Å². The molecule has 0 amide bonds. The molecule has 0 saturated heterocycles. The van der Waals surface area contributed by atoms with Crippen molar-refractivity contribution in [1.82, 2.24) is 0 Å². The number of rotatable bonds is 3. The number of nitrogens with zero attached hydrogens (tertiary/aromatic N) is 1. The normalized spacial score (nSPS) is 9.45. The van der Waals surface area contributed by atoms with Crippen LogP contribution in [-0.4, -0.2) is 19.0 Å². The topological polar surface area (TPSA) is 93.2 Å². The van der Waals surface area contributed by atoms with E-state index in [2.05, 4.69) is 42.5 Å². The lowest BCUT2D eigenvalue weighted by Crippen LogP contribution is -1.96. The number of benzene rings is 2. The molecule has 0 aliphatic rings. The number of anilines is 3. The number of hydrogen-bond acceptors (Lipinski definition) is 5. The second-order valence-electron chi connectivity index (χ2n) is 4.10. The van der Waals surface area contributed by atoms with Crippen LogP contribution in [0.5, 0.6) is 0 Å². The smallest absolute Gasteiger partial charge is 0.293 e. The molecular weight excluding hydrogens is 416 g/mol. The van der Waals surface area contributed by atoms with Crippen LogP contribution in [0.3, 0.4) is 0 Å². The summed E-state index contributed by atoms with van der Waals surface area (Å²) in [4.78, 5) is 10.1. The third-order valence-electron chi connectivity index (χ3n) is 2.73. The molecule has 0 fully saturated rings. The fraction of sp³-hybridized carbons (Fsp3) is 0.143. The lowest BCUT2D eigenvalue weighted by Gasteiger charge is -2.05. The molecule has 22 heavy (non-hydrogen) atoms. The molecule has 118 valence electrons. The molecule has 0 aliphatic heterocycles. The minimum atomic E-state index is -0.420. The van der Waals surface area contributed by atoms with Gasteiger partial charge in [-0.3, -0.25) is 10.1 Å². The standard InChI is InChI=1S/C7H7BrN2O2.C7H9BrN2/c1-9-7-5(8)3-2-4-6(7)10(11)12;1-10-7-5(8)3-2-4-6(7)9/h2-4,9H,1H3;2-4,10H,9H2,1H3. The van der Waals surface area contributed by atoms with Gasteiger partial charge in [0.25, 0.3) is 5.69 Å². The first kappa shape index (κ1) is 18.2. The Hall–Kier alpha value is -1.80. The molecular formula is C14H16Br2N4O2. The molecule has 4 N–H and O–H groups in total. The van der Waals surface area contributed by atoms with E-state index in [9.17, 15) is 10.1 Å². The second-order valence-corrected chi connectivity index (χ2v) is 5.80. The van der Waals surface area contributed by atoms with Gasteiger partial charge in [-0.1, -0.05) is 12.1 Å². The van der Waals surface area contributed by atoms with Gasteiger partial charge in [-0.15, -0.1) is 0 Å². The van der Waals surface area contributed by atoms with Gasteiger partial charge in [0.05, 0.1) is 16.3 Å². The van der Waals surface area contributed by atoms with Gasteiger partial charge in [0.1, 0.15) is 5.69 Å². The summed E-state index contributed by atoms with van der Waals surface area (Å²) in [5, 5.41) is 16.2. The first-order valence-electron chi connectivity index (χ1n) is 6.24. The van der Waals surface area contributed by atoms with Gasteiger partial charge >= 0.3 is 0 Å². The van der Waals surface area contributed by atoms with Crippen LogP contribution in [-0.2, 0) is 0 Å². The molecule has 0 radical (unpaired) electrons. The Bertz CT molecular complexity index is 645. The lowest BCUT2D eigenvalue weighted by molar-refractivity contribution is -0.384. The van der Waals surface area contributed by atoms with Crippen molar-refractivity contribution >= 4 is 54.6 Å². The number of hydrogen-bond donors (Lipinski definition) is 3. The summed E-state index contributed by atoms with van der Waals surface area (Å²) in [5.41, 5.74) is 7.93. The summed E-state index contributed by atoms with van der Waals surface area (Å²) in [7, 11) is 3.49. The summed E-state index contributed by atoms with van der Waals surface area (Å²) >= 11 is 6.57. The average molecular weight is 432 g/mol. The van der Waals surface area contributed by atoms with Gasteiger partial charge in [0.15, 0.2) is 0 Å². The molecule has 0 aromatic heterocycles. The summed E-state index contributed by atoms with van der Waals surface area (Å²) < 4.78 is 1.69. The SMILES string of the molecule is CNc1c(Br)cccc1[N+](=O)[O-].CNc1c(N)cccc1Br. The highest BCUT2D eigenvalue weighted by molar-refractivity contribution is 9.11. The Morgan fingerprint density at radius 3 is 1.86 bits per heavy atom. The van der Waals surface area contributed by atoms with Gasteiger partial charge in [-0.2, -0.15) is 0 Å². The van der Waals surface area contributed by atoms with Crippen LogP contribution in [0.25, 0.3) is 0 Å². The summed E-state index contributed by atoms with van der Waals surface area (Å²) in [6.45, 7) is 0. The average Bonchev–Trinajstić information content (AvgIpc) is 2.47. The fourth-order valence-electron chi connectivity index (χ4n) is 1.72. The van der Waals surface area contributed by atoms with Crippen LogP contribution in [0.4, 0.5) is 22.7 Å². The van der Waals surface area contributed by atoms with E-state index in [1.54, 1.807) is 19.2 Å². The highest BCUT2D eigenvalue weighted by Gasteiger charge is 2.13. The van der Waals surface area contributed by atoms with Crippen LogP contribution in [0.1, 0.15) is 0 Å². The summed E-state index contributed by atoms with van der Waals surface area (Å²) in [6, 6.07) is 10.5. The monoisotopic (exact) mass is 430 g/mol. The van der Waals surface area contributed by atoms with E-state index in [0.717, 1.165) is 15.8 Å². The Kier molecular flexibility index (Phi) is 7.13.